The van der Waals surface area contributed by atoms with Gasteiger partial charge in [0.25, 0.3) is 0 Å². The normalized spacial score (nSPS) is 13.0. The average molecular weight is 137 g/mol. The Hall–Kier alpha value is -0.180. The highest BCUT2D eigenvalue weighted by Gasteiger charge is 2.15. The highest BCUT2D eigenvalue weighted by atomic mass is 32.3. The minimum Gasteiger partial charge on any atom is -0.338 e. The minimum absolute atomic E-state index is 0.0625. The first-order valence-electron chi connectivity index (χ1n) is 2.32. The van der Waals surface area contributed by atoms with E-state index in [2.05, 4.69) is 0 Å². The Morgan fingerprint density at radius 3 is 1.75 bits per heavy atom. The van der Waals surface area contributed by atoms with Crippen LogP contribution in [-0.4, -0.2) is 29.5 Å². The fraction of sp³-hybridized carbons (Fsp3) is 0.800. The minimum atomic E-state index is -1.01. The van der Waals surface area contributed by atoms with Gasteiger partial charge < -0.3 is 4.79 Å². The highest BCUT2D eigenvalue weighted by Crippen LogP contribution is 2.35. The summed E-state index contributed by atoms with van der Waals surface area (Å²) in [5, 5.41) is 0. The van der Waals surface area contributed by atoms with Gasteiger partial charge in [0.2, 0.25) is 0 Å². The number of hydrogen-bond acceptors (Lipinski definition) is 1. The van der Waals surface area contributed by atoms with Crippen molar-refractivity contribution in [1.29, 1.82) is 0 Å². The third-order valence-electron chi connectivity index (χ3n) is 0.371. The molecule has 0 aromatic carbocycles. The molecule has 0 aromatic rings. The maximum atomic E-state index is 8.60. The van der Waals surface area contributed by atoms with Gasteiger partial charge in [0.05, 0.1) is 6.92 Å². The van der Waals surface area contributed by atoms with Crippen molar-refractivity contribution in [3.63, 3.8) is 0 Å². The lowest BCUT2D eigenvalue weighted by Gasteiger charge is -2.14. The van der Waals surface area contributed by atoms with Crippen molar-refractivity contribution in [2.24, 2.45) is 0 Å². The Labute approximate surface area is 51.7 Å². The van der Waals surface area contributed by atoms with Crippen LogP contribution in [0, 0.1) is 0 Å². The van der Waals surface area contributed by atoms with Gasteiger partial charge in [-0.3, -0.25) is 4.18 Å². The van der Waals surface area contributed by atoms with Gasteiger partial charge >= 0.3 is 5.97 Å². The summed E-state index contributed by atoms with van der Waals surface area (Å²) in [5.41, 5.74) is 0. The zero-order chi connectivity index (χ0) is 6.78. The number of carbonyl (C=O) groups excluding carboxylic acids is 1. The van der Waals surface area contributed by atoms with Gasteiger partial charge in [-0.1, -0.05) is 0 Å². The van der Waals surface area contributed by atoms with Crippen LogP contribution in [0.2, 0.25) is 0 Å². The van der Waals surface area contributed by atoms with E-state index in [1.165, 1.54) is 6.92 Å². The molecule has 0 aliphatic rings. The summed E-state index contributed by atoms with van der Waals surface area (Å²) in [5.74, 6) is 0.0625. The molecular weight excluding hydrogens is 124 g/mol. The Morgan fingerprint density at radius 1 is 1.38 bits per heavy atom. The molecule has 3 heteroatoms. The van der Waals surface area contributed by atoms with Crippen LogP contribution >= 0.6 is 10.3 Å². The van der Waals surface area contributed by atoms with Crippen LogP contribution in [0.1, 0.15) is 6.92 Å². The molecule has 0 aromatic heterocycles. The van der Waals surface area contributed by atoms with E-state index in [0.717, 1.165) is 0 Å². The van der Waals surface area contributed by atoms with E-state index < -0.39 is 10.3 Å². The smallest absolute Gasteiger partial charge is 0.338 e. The molecule has 0 spiro atoms. The lowest BCUT2D eigenvalue weighted by atomic mass is 10.9. The molecule has 0 bridgehead atoms. The van der Waals surface area contributed by atoms with E-state index in [-0.39, 0.29) is 5.97 Å². The topological polar surface area (TPSA) is 30.6 Å². The van der Waals surface area contributed by atoms with Crippen molar-refractivity contribution >= 4 is 16.3 Å². The Kier molecular flexibility index (Phi) is 2.34. The maximum absolute atomic E-state index is 8.60. The molecule has 0 radical (unpaired) electrons. The zero-order valence-electron chi connectivity index (χ0n) is 5.76. The van der Waals surface area contributed by atoms with Gasteiger partial charge in [-0.2, -0.15) is 0 Å². The van der Waals surface area contributed by atoms with Gasteiger partial charge in [-0.15, -0.1) is 0 Å². The largest absolute Gasteiger partial charge is 0.491 e. The Morgan fingerprint density at radius 2 is 1.75 bits per heavy atom. The van der Waals surface area contributed by atoms with Crippen LogP contribution in [0.25, 0.3) is 0 Å². The third kappa shape index (κ3) is 5.82. The molecule has 0 saturated carbocycles. The quantitative estimate of drug-likeness (QED) is 0.498. The van der Waals surface area contributed by atoms with Crippen molar-refractivity contribution in [1.82, 2.24) is 0 Å². The van der Waals surface area contributed by atoms with Crippen LogP contribution in [0.5, 0.6) is 0 Å². The first kappa shape index (κ1) is 7.82. The fourth-order valence-corrected chi connectivity index (χ4v) is 1.09. The SMILES string of the molecule is CC(=[OH+])OS(C)(C)C. The molecule has 0 aliphatic heterocycles. The molecular formula is C5H13O2S+. The summed E-state index contributed by atoms with van der Waals surface area (Å²) in [4.78, 5) is 8.60. The molecule has 2 nitrogen and oxygen atoms in total. The van der Waals surface area contributed by atoms with Crippen molar-refractivity contribution in [2.45, 2.75) is 6.92 Å². The Bertz CT molecular complexity index is 93.1. The lowest BCUT2D eigenvalue weighted by molar-refractivity contribution is 0.504. The summed E-state index contributed by atoms with van der Waals surface area (Å²) < 4.78 is 4.99. The molecule has 0 rings (SSSR count). The van der Waals surface area contributed by atoms with Gasteiger partial charge in [-0.25, -0.2) is 0 Å². The second kappa shape index (κ2) is 2.40. The predicted octanol–water partition coefficient (Wildman–Crippen LogP) is 1.13. The van der Waals surface area contributed by atoms with Gasteiger partial charge in [0, 0.05) is 18.8 Å². The molecule has 0 aliphatic carbocycles. The van der Waals surface area contributed by atoms with Crippen LogP contribution in [0.3, 0.4) is 0 Å². The zero-order valence-corrected chi connectivity index (χ0v) is 6.58. The monoisotopic (exact) mass is 137 g/mol. The van der Waals surface area contributed by atoms with E-state index in [1.54, 1.807) is 0 Å². The molecule has 0 amide bonds. The van der Waals surface area contributed by atoms with Crippen LogP contribution in [0.4, 0.5) is 0 Å². The predicted molar refractivity (Wildman–Crippen MR) is 39.1 cm³/mol. The summed E-state index contributed by atoms with van der Waals surface area (Å²) in [6.45, 7) is 1.54. The molecule has 50 valence electrons. The lowest BCUT2D eigenvalue weighted by Crippen LogP contribution is -2.03. The van der Waals surface area contributed by atoms with E-state index in [0.29, 0.717) is 0 Å². The second-order valence-electron chi connectivity index (χ2n) is 2.33. The van der Waals surface area contributed by atoms with Crippen molar-refractivity contribution in [3.05, 3.63) is 0 Å². The number of hydrogen-bond donors (Lipinski definition) is 0. The first-order chi connectivity index (χ1) is 3.42. The van der Waals surface area contributed by atoms with E-state index in [1.807, 2.05) is 18.8 Å². The van der Waals surface area contributed by atoms with Crippen molar-refractivity contribution in [2.75, 3.05) is 18.8 Å². The molecule has 0 atom stereocenters. The molecule has 0 unspecified atom stereocenters. The van der Waals surface area contributed by atoms with Gasteiger partial charge in [0.1, 0.15) is 0 Å². The highest BCUT2D eigenvalue weighted by molar-refractivity contribution is 8.28. The number of rotatable bonds is 1. The standard InChI is InChI=1S/C5H12O2S/c1-5(6)7-8(2,3)4/h1-4H3/p+1. The molecule has 8 heavy (non-hydrogen) atoms. The maximum Gasteiger partial charge on any atom is 0.491 e. The second-order valence-corrected chi connectivity index (χ2v) is 5.94. The Balaban J connectivity index is 3.55. The van der Waals surface area contributed by atoms with E-state index in [4.69, 9.17) is 8.98 Å². The average Bonchev–Trinajstić information content (AvgIpc) is 1.21. The van der Waals surface area contributed by atoms with Crippen LogP contribution in [0.15, 0.2) is 0 Å². The summed E-state index contributed by atoms with van der Waals surface area (Å²) >= 11 is 0. The fourth-order valence-electron chi connectivity index (χ4n) is 0.362. The molecule has 0 heterocycles. The first-order valence-corrected chi connectivity index (χ1v) is 5.10. The van der Waals surface area contributed by atoms with Crippen molar-refractivity contribution in [3.8, 4) is 0 Å². The van der Waals surface area contributed by atoms with E-state index in [9.17, 15) is 0 Å². The summed E-state index contributed by atoms with van der Waals surface area (Å²) in [6.07, 6.45) is 5.90. The molecule has 1 N–H and O–H groups in total. The summed E-state index contributed by atoms with van der Waals surface area (Å²) in [6, 6.07) is 0. The van der Waals surface area contributed by atoms with Crippen LogP contribution < -0.4 is 0 Å². The third-order valence-corrected chi connectivity index (χ3v) is 1.11. The van der Waals surface area contributed by atoms with Gasteiger partial charge in [-0.05, 0) is 10.3 Å². The van der Waals surface area contributed by atoms with Crippen LogP contribution in [-0.2, 0) is 4.18 Å². The molecule has 0 fully saturated rings. The van der Waals surface area contributed by atoms with Crippen molar-refractivity contribution < 1.29 is 8.98 Å². The molecule has 0 saturated heterocycles. The summed E-state index contributed by atoms with van der Waals surface area (Å²) in [7, 11) is -1.01. The van der Waals surface area contributed by atoms with Gasteiger partial charge in [0.15, 0.2) is 0 Å². The van der Waals surface area contributed by atoms with E-state index >= 15 is 0 Å².